The summed E-state index contributed by atoms with van der Waals surface area (Å²) in [6.45, 7) is 8.26. The van der Waals surface area contributed by atoms with Gasteiger partial charge in [0.15, 0.2) is 5.78 Å². The number of carbonyl (C=O) groups excluding carboxylic acids is 5. The maximum absolute atomic E-state index is 13.5. The van der Waals surface area contributed by atoms with Crippen molar-refractivity contribution in [2.75, 3.05) is 39.4 Å². The predicted molar refractivity (Wildman–Crippen MR) is 154 cm³/mol. The number of amides is 3. The number of benzene rings is 1. The first kappa shape index (κ1) is 33.9. The zero-order valence-corrected chi connectivity index (χ0v) is 24.6. The van der Waals surface area contributed by atoms with Crippen LogP contribution in [0.4, 0.5) is 0 Å². The van der Waals surface area contributed by atoms with Gasteiger partial charge in [0.05, 0.1) is 32.3 Å². The van der Waals surface area contributed by atoms with Crippen molar-refractivity contribution in [1.29, 1.82) is 0 Å². The monoisotopic (exact) mass is 574 g/mol. The van der Waals surface area contributed by atoms with E-state index in [9.17, 15) is 24.0 Å². The van der Waals surface area contributed by atoms with Crippen LogP contribution in [-0.2, 0) is 35.1 Å². The highest BCUT2D eigenvalue weighted by molar-refractivity contribution is 5.93. The Bertz CT molecular complexity index is 1010. The molecule has 2 rings (SSSR count). The molecule has 3 atom stereocenters. The fourth-order valence-electron chi connectivity index (χ4n) is 4.58. The van der Waals surface area contributed by atoms with Crippen molar-refractivity contribution in [3.8, 4) is 5.75 Å². The van der Waals surface area contributed by atoms with Crippen molar-refractivity contribution in [1.82, 2.24) is 15.5 Å². The zero-order chi connectivity index (χ0) is 30.2. The summed E-state index contributed by atoms with van der Waals surface area (Å²) < 4.78 is 10.8. The van der Waals surface area contributed by atoms with Gasteiger partial charge in [-0.05, 0) is 36.5 Å². The van der Waals surface area contributed by atoms with Crippen LogP contribution in [0.3, 0.4) is 0 Å². The second-order valence-corrected chi connectivity index (χ2v) is 10.6. The lowest BCUT2D eigenvalue weighted by molar-refractivity contribution is -0.136. The molecule has 0 spiro atoms. The number of unbranched alkanes of at least 4 members (excludes halogenated alkanes) is 2. The Balaban J connectivity index is 2.10. The van der Waals surface area contributed by atoms with Crippen LogP contribution in [0.5, 0.6) is 5.75 Å². The maximum Gasteiger partial charge on any atom is 0.325 e. The Kier molecular flexibility index (Phi) is 15.0. The number of ether oxygens (including phenoxy) is 2. The Morgan fingerprint density at radius 1 is 1.05 bits per heavy atom. The number of nitrogens with two attached hydrogens (primary N) is 1. The summed E-state index contributed by atoms with van der Waals surface area (Å²) in [6.07, 6.45) is 3.70. The van der Waals surface area contributed by atoms with Gasteiger partial charge in [0, 0.05) is 31.8 Å². The SMILES string of the molecule is CCCCCC(=O)NC(Cc1ccc(OC(=O)CN2CCOCC2)cc1)C(=O)CC(C(=O)NCC(N)=O)C(C)CC. The van der Waals surface area contributed by atoms with Crippen LogP contribution in [0.2, 0.25) is 0 Å². The molecule has 1 aliphatic rings. The molecule has 0 saturated carbocycles. The van der Waals surface area contributed by atoms with Crippen LogP contribution in [-0.4, -0.2) is 79.8 Å². The van der Waals surface area contributed by atoms with E-state index in [-0.39, 0.29) is 49.5 Å². The number of hydrogen-bond donors (Lipinski definition) is 3. The molecule has 0 aliphatic carbocycles. The molecular formula is C30H46N4O7. The minimum Gasteiger partial charge on any atom is -0.426 e. The minimum absolute atomic E-state index is 0.0866. The van der Waals surface area contributed by atoms with Gasteiger partial charge in [0.25, 0.3) is 0 Å². The molecule has 41 heavy (non-hydrogen) atoms. The standard InChI is InChI=1S/C30H46N4O7/c1-4-6-7-8-28(37)33-25(26(35)18-24(21(3)5-2)30(39)32-19-27(31)36)17-22-9-11-23(12-10-22)41-29(38)20-34-13-15-40-16-14-34/h9-12,21,24-25H,4-8,13-20H2,1-3H3,(H2,31,36)(H,32,39)(H,33,37). The first-order valence-corrected chi connectivity index (χ1v) is 14.6. The summed E-state index contributed by atoms with van der Waals surface area (Å²) in [6, 6.07) is 6.00. The molecule has 1 heterocycles. The highest BCUT2D eigenvalue weighted by Gasteiger charge is 2.31. The Labute approximate surface area is 242 Å². The molecule has 1 aromatic rings. The van der Waals surface area contributed by atoms with E-state index in [4.69, 9.17) is 15.2 Å². The van der Waals surface area contributed by atoms with Crippen molar-refractivity contribution < 1.29 is 33.4 Å². The number of carbonyl (C=O) groups is 5. The number of Topliss-reactive ketones (excluding diaryl/α,β-unsaturated/α-hetero) is 1. The van der Waals surface area contributed by atoms with E-state index in [1.807, 2.05) is 25.7 Å². The molecule has 3 amide bonds. The summed E-state index contributed by atoms with van der Waals surface area (Å²) in [5.41, 5.74) is 5.93. The summed E-state index contributed by atoms with van der Waals surface area (Å²) in [5, 5.41) is 5.38. The molecule has 1 fully saturated rings. The average molecular weight is 575 g/mol. The van der Waals surface area contributed by atoms with Crippen molar-refractivity contribution in [3.63, 3.8) is 0 Å². The van der Waals surface area contributed by atoms with Crippen LogP contribution in [0, 0.1) is 11.8 Å². The van der Waals surface area contributed by atoms with Crippen LogP contribution in [0.1, 0.15) is 64.9 Å². The lowest BCUT2D eigenvalue weighted by atomic mass is 9.84. The topological polar surface area (TPSA) is 157 Å². The predicted octanol–water partition coefficient (Wildman–Crippen LogP) is 1.75. The third-order valence-electron chi connectivity index (χ3n) is 7.31. The molecule has 11 nitrogen and oxygen atoms in total. The van der Waals surface area contributed by atoms with Gasteiger partial charge in [0.1, 0.15) is 5.75 Å². The van der Waals surface area contributed by atoms with E-state index in [0.29, 0.717) is 44.9 Å². The molecule has 1 aliphatic heterocycles. The summed E-state index contributed by atoms with van der Waals surface area (Å²) in [4.78, 5) is 64.5. The lowest BCUT2D eigenvalue weighted by Gasteiger charge is -2.25. The first-order chi connectivity index (χ1) is 19.6. The normalized spacial score (nSPS) is 15.8. The Morgan fingerprint density at radius 2 is 1.73 bits per heavy atom. The van der Waals surface area contributed by atoms with Crippen LogP contribution < -0.4 is 21.1 Å². The van der Waals surface area contributed by atoms with E-state index in [0.717, 1.165) is 24.8 Å². The van der Waals surface area contributed by atoms with Crippen LogP contribution in [0.25, 0.3) is 0 Å². The van der Waals surface area contributed by atoms with Gasteiger partial charge >= 0.3 is 5.97 Å². The molecule has 11 heteroatoms. The average Bonchev–Trinajstić information content (AvgIpc) is 2.95. The molecule has 1 saturated heterocycles. The van der Waals surface area contributed by atoms with Gasteiger partial charge < -0.3 is 25.8 Å². The summed E-state index contributed by atoms with van der Waals surface area (Å²) in [5.74, 6) is -2.33. The zero-order valence-electron chi connectivity index (χ0n) is 24.6. The molecule has 4 N–H and O–H groups in total. The minimum atomic E-state index is -0.839. The highest BCUT2D eigenvalue weighted by atomic mass is 16.5. The number of morpholine rings is 1. The van der Waals surface area contributed by atoms with E-state index >= 15 is 0 Å². The largest absolute Gasteiger partial charge is 0.426 e. The van der Waals surface area contributed by atoms with E-state index in [1.165, 1.54) is 0 Å². The first-order valence-electron chi connectivity index (χ1n) is 14.6. The van der Waals surface area contributed by atoms with E-state index in [2.05, 4.69) is 10.6 Å². The third-order valence-corrected chi connectivity index (χ3v) is 7.31. The number of hydrogen-bond acceptors (Lipinski definition) is 8. The number of nitrogens with one attached hydrogen (secondary N) is 2. The lowest BCUT2D eigenvalue weighted by Crippen LogP contribution is -2.45. The van der Waals surface area contributed by atoms with E-state index < -0.39 is 23.8 Å². The number of esters is 1. The fourth-order valence-corrected chi connectivity index (χ4v) is 4.58. The van der Waals surface area contributed by atoms with Gasteiger partial charge in [-0.2, -0.15) is 0 Å². The maximum atomic E-state index is 13.5. The smallest absolute Gasteiger partial charge is 0.325 e. The van der Waals surface area contributed by atoms with Gasteiger partial charge in [-0.15, -0.1) is 0 Å². The number of rotatable bonds is 18. The quantitative estimate of drug-likeness (QED) is 0.136. The van der Waals surface area contributed by atoms with Crippen molar-refractivity contribution >= 4 is 29.5 Å². The second kappa shape index (κ2) is 18.2. The van der Waals surface area contributed by atoms with Gasteiger partial charge in [-0.25, -0.2) is 0 Å². The number of nitrogens with zero attached hydrogens (tertiary/aromatic N) is 1. The fraction of sp³-hybridized carbons (Fsp3) is 0.633. The third kappa shape index (κ3) is 12.8. The molecule has 0 bridgehead atoms. The number of ketones is 1. The van der Waals surface area contributed by atoms with Gasteiger partial charge in [0.2, 0.25) is 17.7 Å². The molecular weight excluding hydrogens is 528 g/mol. The molecule has 0 aromatic heterocycles. The molecule has 228 valence electrons. The summed E-state index contributed by atoms with van der Waals surface area (Å²) in [7, 11) is 0. The van der Waals surface area contributed by atoms with Crippen molar-refractivity contribution in [2.45, 2.75) is 71.8 Å². The summed E-state index contributed by atoms with van der Waals surface area (Å²) >= 11 is 0. The van der Waals surface area contributed by atoms with Gasteiger partial charge in [-0.1, -0.05) is 52.2 Å². The highest BCUT2D eigenvalue weighted by Crippen LogP contribution is 2.22. The van der Waals surface area contributed by atoms with Crippen LogP contribution >= 0.6 is 0 Å². The Hall–Kier alpha value is -3.31. The van der Waals surface area contributed by atoms with Crippen LogP contribution in [0.15, 0.2) is 24.3 Å². The molecule has 3 unspecified atom stereocenters. The molecule has 1 aromatic carbocycles. The van der Waals surface area contributed by atoms with Crippen molar-refractivity contribution in [2.24, 2.45) is 17.6 Å². The Morgan fingerprint density at radius 3 is 2.34 bits per heavy atom. The second-order valence-electron chi connectivity index (χ2n) is 10.6. The van der Waals surface area contributed by atoms with Gasteiger partial charge in [-0.3, -0.25) is 28.9 Å². The van der Waals surface area contributed by atoms with E-state index in [1.54, 1.807) is 24.3 Å². The van der Waals surface area contributed by atoms with Crippen molar-refractivity contribution in [3.05, 3.63) is 29.8 Å². The molecule has 0 radical (unpaired) electrons. The number of primary amides is 1.